The average Bonchev–Trinajstić information content (AvgIpc) is 2.68. The first-order chi connectivity index (χ1) is 13.2. The minimum absolute atomic E-state index is 0.228. The van der Waals surface area contributed by atoms with E-state index in [-0.39, 0.29) is 11.6 Å². The monoisotopic (exact) mass is 382 g/mol. The zero-order chi connectivity index (χ0) is 20.4. The highest BCUT2D eigenvalue weighted by Gasteiger charge is 2.37. The van der Waals surface area contributed by atoms with Crippen LogP contribution in [0.5, 0.6) is 11.5 Å². The van der Waals surface area contributed by atoms with Crippen molar-refractivity contribution in [1.82, 2.24) is 0 Å². The minimum Gasteiger partial charge on any atom is -0.457 e. The van der Waals surface area contributed by atoms with E-state index in [4.69, 9.17) is 4.74 Å². The van der Waals surface area contributed by atoms with E-state index in [1.165, 1.54) is 13.8 Å². The van der Waals surface area contributed by atoms with Gasteiger partial charge in [0.05, 0.1) is 0 Å². The summed E-state index contributed by atoms with van der Waals surface area (Å²) in [5.74, 6) is 0.502. The van der Waals surface area contributed by atoms with Crippen LogP contribution in [0.1, 0.15) is 66.7 Å². The first kappa shape index (κ1) is 20.2. The van der Waals surface area contributed by atoms with Gasteiger partial charge in [0.15, 0.2) is 11.6 Å². The molecule has 1 aliphatic rings. The molecule has 2 aromatic rings. The fourth-order valence-corrected chi connectivity index (χ4v) is 3.47. The zero-order valence-electron chi connectivity index (χ0n) is 16.3. The molecule has 5 heteroatoms. The lowest BCUT2D eigenvalue weighted by molar-refractivity contribution is 0.0116. The molecular weight excluding hydrogens is 356 g/mol. The largest absolute Gasteiger partial charge is 0.457 e. The topological polar surface area (TPSA) is 83.8 Å². The Labute approximate surface area is 165 Å². The van der Waals surface area contributed by atoms with E-state index in [1.807, 2.05) is 0 Å². The number of aliphatic hydroxyl groups is 2. The highest BCUT2D eigenvalue weighted by atomic mass is 16.5. The standard InChI is InChI=1S/C23H26O5/c1-22(2,26)20(24)16-6-10-18(11-7-16)28-19-12-8-17(9-13-19)21(25)23(27)14-4-3-5-15-23/h6-13,26-27H,3-5,14-15H2,1-2H3. The van der Waals surface area contributed by atoms with Crippen LogP contribution in [-0.2, 0) is 0 Å². The van der Waals surface area contributed by atoms with Gasteiger partial charge in [-0.25, -0.2) is 0 Å². The van der Waals surface area contributed by atoms with Crippen LogP contribution in [-0.4, -0.2) is 33.0 Å². The summed E-state index contributed by atoms with van der Waals surface area (Å²) in [6.45, 7) is 2.90. The van der Waals surface area contributed by atoms with Gasteiger partial charge in [0, 0.05) is 11.1 Å². The summed E-state index contributed by atoms with van der Waals surface area (Å²) in [6.07, 6.45) is 3.83. The molecule has 1 fully saturated rings. The summed E-state index contributed by atoms with van der Waals surface area (Å²) in [5.41, 5.74) is -1.79. The molecular formula is C23H26O5. The molecule has 0 atom stereocenters. The van der Waals surface area contributed by atoms with Crippen molar-refractivity contribution in [1.29, 1.82) is 0 Å². The van der Waals surface area contributed by atoms with Gasteiger partial charge in [-0.15, -0.1) is 0 Å². The predicted octanol–water partition coefficient (Wildman–Crippen LogP) is 4.31. The summed E-state index contributed by atoms with van der Waals surface area (Å²) >= 11 is 0. The number of benzene rings is 2. The summed E-state index contributed by atoms with van der Waals surface area (Å²) in [7, 11) is 0. The van der Waals surface area contributed by atoms with Crippen LogP contribution in [0.25, 0.3) is 0 Å². The highest BCUT2D eigenvalue weighted by molar-refractivity contribution is 6.02. The number of carbonyl (C=O) groups is 2. The summed E-state index contributed by atoms with van der Waals surface area (Å²) < 4.78 is 5.76. The van der Waals surface area contributed by atoms with Gasteiger partial charge in [-0.1, -0.05) is 19.3 Å². The van der Waals surface area contributed by atoms with E-state index in [0.717, 1.165) is 19.3 Å². The van der Waals surface area contributed by atoms with Crippen molar-refractivity contribution in [2.45, 2.75) is 57.2 Å². The van der Waals surface area contributed by atoms with Crippen LogP contribution in [0.2, 0.25) is 0 Å². The second kappa shape index (κ2) is 7.86. The normalized spacial score (nSPS) is 16.4. The van der Waals surface area contributed by atoms with E-state index in [9.17, 15) is 19.8 Å². The van der Waals surface area contributed by atoms with Crippen molar-refractivity contribution >= 4 is 11.6 Å². The van der Waals surface area contributed by atoms with Crippen LogP contribution in [0.15, 0.2) is 48.5 Å². The lowest BCUT2D eigenvalue weighted by Crippen LogP contribution is -2.40. The molecule has 1 aliphatic carbocycles. The Balaban J connectivity index is 1.67. The molecule has 0 aliphatic heterocycles. The van der Waals surface area contributed by atoms with E-state index in [0.29, 0.717) is 35.5 Å². The summed E-state index contributed by atoms with van der Waals surface area (Å²) in [5, 5.41) is 20.4. The van der Waals surface area contributed by atoms with Gasteiger partial charge < -0.3 is 14.9 Å². The molecule has 0 radical (unpaired) electrons. The number of hydrogen-bond acceptors (Lipinski definition) is 5. The van der Waals surface area contributed by atoms with Gasteiger partial charge in [0.2, 0.25) is 0 Å². The van der Waals surface area contributed by atoms with E-state index in [1.54, 1.807) is 48.5 Å². The maximum absolute atomic E-state index is 12.6. The van der Waals surface area contributed by atoms with Crippen LogP contribution in [0.3, 0.4) is 0 Å². The van der Waals surface area contributed by atoms with Crippen LogP contribution in [0.4, 0.5) is 0 Å². The molecule has 148 valence electrons. The van der Waals surface area contributed by atoms with Crippen molar-refractivity contribution in [3.8, 4) is 11.5 Å². The maximum atomic E-state index is 12.6. The van der Waals surface area contributed by atoms with Crippen molar-refractivity contribution in [2.24, 2.45) is 0 Å². The molecule has 0 amide bonds. The number of ether oxygens (including phenoxy) is 1. The van der Waals surface area contributed by atoms with Crippen molar-refractivity contribution in [3.63, 3.8) is 0 Å². The number of ketones is 2. The Kier molecular flexibility index (Phi) is 5.68. The molecule has 2 aromatic carbocycles. The Hall–Kier alpha value is -2.50. The van der Waals surface area contributed by atoms with E-state index >= 15 is 0 Å². The van der Waals surface area contributed by atoms with Crippen LogP contribution in [0, 0.1) is 0 Å². The highest BCUT2D eigenvalue weighted by Crippen LogP contribution is 2.32. The molecule has 0 aromatic heterocycles. The van der Waals surface area contributed by atoms with Crippen LogP contribution >= 0.6 is 0 Å². The average molecular weight is 382 g/mol. The molecule has 0 bridgehead atoms. The fraction of sp³-hybridized carbons (Fsp3) is 0.391. The number of hydrogen-bond donors (Lipinski definition) is 2. The molecule has 0 heterocycles. The summed E-state index contributed by atoms with van der Waals surface area (Å²) in [6, 6.07) is 13.2. The first-order valence-electron chi connectivity index (χ1n) is 9.61. The first-order valence-corrected chi connectivity index (χ1v) is 9.61. The molecule has 2 N–H and O–H groups in total. The van der Waals surface area contributed by atoms with Gasteiger partial charge in [-0.3, -0.25) is 9.59 Å². The molecule has 3 rings (SSSR count). The zero-order valence-corrected chi connectivity index (χ0v) is 16.3. The molecule has 0 spiro atoms. The molecule has 5 nitrogen and oxygen atoms in total. The SMILES string of the molecule is CC(C)(O)C(=O)c1ccc(Oc2ccc(C(=O)C3(O)CCCCC3)cc2)cc1. The van der Waals surface area contributed by atoms with Gasteiger partial charge in [0.25, 0.3) is 0 Å². The molecule has 1 saturated carbocycles. The Bertz CT molecular complexity index is 838. The minimum atomic E-state index is -1.42. The lowest BCUT2D eigenvalue weighted by Gasteiger charge is -2.30. The van der Waals surface area contributed by atoms with Crippen molar-refractivity contribution < 1.29 is 24.5 Å². The predicted molar refractivity (Wildman–Crippen MR) is 106 cm³/mol. The third kappa shape index (κ3) is 4.49. The third-order valence-corrected chi connectivity index (χ3v) is 5.13. The second-order valence-corrected chi connectivity index (χ2v) is 7.96. The Morgan fingerprint density at radius 1 is 0.857 bits per heavy atom. The van der Waals surface area contributed by atoms with Crippen molar-refractivity contribution in [3.05, 3.63) is 59.7 Å². The fourth-order valence-electron chi connectivity index (χ4n) is 3.47. The van der Waals surface area contributed by atoms with E-state index < -0.39 is 11.2 Å². The van der Waals surface area contributed by atoms with E-state index in [2.05, 4.69) is 0 Å². The number of rotatable bonds is 6. The van der Waals surface area contributed by atoms with Gasteiger partial charge in [0.1, 0.15) is 22.7 Å². The quantitative estimate of drug-likeness (QED) is 0.727. The van der Waals surface area contributed by atoms with Crippen molar-refractivity contribution in [2.75, 3.05) is 0 Å². The Morgan fingerprint density at radius 2 is 1.32 bits per heavy atom. The van der Waals surface area contributed by atoms with Crippen LogP contribution < -0.4 is 4.74 Å². The number of Topliss-reactive ketones (excluding diaryl/α,β-unsaturated/α-hetero) is 2. The molecule has 0 saturated heterocycles. The maximum Gasteiger partial charge on any atom is 0.194 e. The number of carbonyl (C=O) groups excluding carboxylic acids is 2. The smallest absolute Gasteiger partial charge is 0.194 e. The Morgan fingerprint density at radius 3 is 1.79 bits per heavy atom. The molecule has 28 heavy (non-hydrogen) atoms. The third-order valence-electron chi connectivity index (χ3n) is 5.13. The summed E-state index contributed by atoms with van der Waals surface area (Å²) in [4.78, 5) is 24.7. The van der Waals surface area contributed by atoms with Gasteiger partial charge in [-0.05, 0) is 75.2 Å². The van der Waals surface area contributed by atoms with Gasteiger partial charge >= 0.3 is 0 Å². The molecule has 0 unspecified atom stereocenters. The second-order valence-electron chi connectivity index (χ2n) is 7.96. The lowest BCUT2D eigenvalue weighted by atomic mass is 9.79. The van der Waals surface area contributed by atoms with Gasteiger partial charge in [-0.2, -0.15) is 0 Å².